The molecule has 1 rings (SSSR count). The second-order valence-corrected chi connectivity index (χ2v) is 3.99. The summed E-state index contributed by atoms with van der Waals surface area (Å²) in [5.74, 6) is 5.27. The topological polar surface area (TPSA) is 64.3 Å². The van der Waals surface area contributed by atoms with Crippen LogP contribution < -0.4 is 16.0 Å². The van der Waals surface area contributed by atoms with E-state index >= 15 is 0 Å². The fourth-order valence-electron chi connectivity index (χ4n) is 1.35. The molecule has 0 saturated carbocycles. The number of hydrazine groups is 1. The van der Waals surface area contributed by atoms with Crippen LogP contribution in [0.1, 0.15) is 12.0 Å². The number of nitrogens with two attached hydrogens (primary N) is 1. The highest BCUT2D eigenvalue weighted by atomic mass is 35.5. The van der Waals surface area contributed by atoms with Gasteiger partial charge < -0.3 is 4.74 Å². The zero-order valence-corrected chi connectivity index (χ0v) is 10.2. The number of ether oxygens (including phenoxy) is 1. The highest BCUT2D eigenvalue weighted by Crippen LogP contribution is 2.32. The number of halogens is 2. The van der Waals surface area contributed by atoms with E-state index in [1.165, 1.54) is 7.11 Å². The van der Waals surface area contributed by atoms with Crippen LogP contribution >= 0.6 is 23.2 Å². The van der Waals surface area contributed by atoms with Crippen molar-refractivity contribution in [2.45, 2.75) is 12.8 Å². The van der Waals surface area contributed by atoms with Crippen LogP contribution in [0.25, 0.3) is 0 Å². The monoisotopic (exact) mass is 262 g/mol. The Morgan fingerprint density at radius 3 is 2.75 bits per heavy atom. The molecule has 0 unspecified atom stereocenters. The molecule has 0 fully saturated rings. The number of carbonyl (C=O) groups excluding carboxylic acids is 1. The number of hydrogen-bond donors (Lipinski definition) is 2. The predicted molar refractivity (Wildman–Crippen MR) is 63.7 cm³/mol. The fourth-order valence-corrected chi connectivity index (χ4v) is 1.96. The van der Waals surface area contributed by atoms with Crippen molar-refractivity contribution in [1.82, 2.24) is 5.43 Å². The Morgan fingerprint density at radius 1 is 1.50 bits per heavy atom. The molecule has 1 aromatic rings. The van der Waals surface area contributed by atoms with Gasteiger partial charge in [-0.25, -0.2) is 5.84 Å². The summed E-state index contributed by atoms with van der Waals surface area (Å²) in [7, 11) is 1.52. The van der Waals surface area contributed by atoms with Crippen LogP contribution in [0.2, 0.25) is 10.0 Å². The Kier molecular flexibility index (Phi) is 4.86. The fraction of sp³-hybridized carbons (Fsp3) is 0.300. The van der Waals surface area contributed by atoms with E-state index in [-0.39, 0.29) is 12.3 Å². The molecule has 0 saturated heterocycles. The molecule has 1 amide bonds. The lowest BCUT2D eigenvalue weighted by Gasteiger charge is -2.10. The maximum absolute atomic E-state index is 11.0. The first kappa shape index (κ1) is 13.1. The second-order valence-electron chi connectivity index (χ2n) is 3.15. The normalized spacial score (nSPS) is 10.0. The zero-order valence-electron chi connectivity index (χ0n) is 8.72. The van der Waals surface area contributed by atoms with Gasteiger partial charge in [0.05, 0.1) is 12.1 Å². The van der Waals surface area contributed by atoms with Gasteiger partial charge in [0.25, 0.3) is 0 Å². The molecule has 6 heteroatoms. The van der Waals surface area contributed by atoms with Gasteiger partial charge in [0, 0.05) is 11.4 Å². The molecule has 1 aromatic carbocycles. The standard InChI is InChI=1S/C10H12Cl2N2O2/c1-16-10-6(2-3-9(15)14-13)4-7(11)5-8(10)12/h4-5H,2-3,13H2,1H3,(H,14,15). The van der Waals surface area contributed by atoms with Gasteiger partial charge in [-0.2, -0.15) is 0 Å². The van der Waals surface area contributed by atoms with E-state index in [1.807, 2.05) is 0 Å². The van der Waals surface area contributed by atoms with Gasteiger partial charge in [-0.3, -0.25) is 10.2 Å². The first-order valence-corrected chi connectivity index (χ1v) is 5.35. The molecule has 0 heterocycles. The van der Waals surface area contributed by atoms with E-state index in [0.29, 0.717) is 22.2 Å². The Labute approximate surface area is 104 Å². The van der Waals surface area contributed by atoms with Crippen LogP contribution in [0.3, 0.4) is 0 Å². The van der Waals surface area contributed by atoms with Gasteiger partial charge in [-0.05, 0) is 24.1 Å². The zero-order chi connectivity index (χ0) is 12.1. The summed E-state index contributed by atoms with van der Waals surface area (Å²) in [6, 6.07) is 3.31. The third kappa shape index (κ3) is 3.27. The van der Waals surface area contributed by atoms with Crippen LogP contribution in [0.4, 0.5) is 0 Å². The summed E-state index contributed by atoms with van der Waals surface area (Å²) in [5, 5.41) is 0.937. The third-order valence-electron chi connectivity index (χ3n) is 2.07. The minimum absolute atomic E-state index is 0.252. The summed E-state index contributed by atoms with van der Waals surface area (Å²) in [6.45, 7) is 0. The molecular weight excluding hydrogens is 251 g/mol. The molecule has 0 aliphatic carbocycles. The van der Waals surface area contributed by atoms with Crippen LogP contribution in [0.15, 0.2) is 12.1 Å². The Balaban J connectivity index is 2.89. The molecule has 0 aromatic heterocycles. The van der Waals surface area contributed by atoms with Gasteiger partial charge in [-0.1, -0.05) is 23.2 Å². The van der Waals surface area contributed by atoms with E-state index in [4.69, 9.17) is 33.8 Å². The van der Waals surface area contributed by atoms with Gasteiger partial charge in [0.1, 0.15) is 5.75 Å². The predicted octanol–water partition coefficient (Wildman–Crippen LogP) is 1.92. The first-order valence-electron chi connectivity index (χ1n) is 4.59. The summed E-state index contributed by atoms with van der Waals surface area (Å²) >= 11 is 11.8. The molecule has 0 aliphatic heterocycles. The largest absolute Gasteiger partial charge is 0.495 e. The number of benzene rings is 1. The third-order valence-corrected chi connectivity index (χ3v) is 2.57. The van der Waals surface area contributed by atoms with Gasteiger partial charge in [0.15, 0.2) is 0 Å². The van der Waals surface area contributed by atoms with Crippen molar-refractivity contribution < 1.29 is 9.53 Å². The first-order chi connectivity index (χ1) is 7.58. The van der Waals surface area contributed by atoms with Crippen molar-refractivity contribution in [2.75, 3.05) is 7.11 Å². The average molecular weight is 263 g/mol. The summed E-state index contributed by atoms with van der Waals surface area (Å²) in [6.07, 6.45) is 0.718. The lowest BCUT2D eigenvalue weighted by molar-refractivity contribution is -0.121. The molecule has 0 bridgehead atoms. The van der Waals surface area contributed by atoms with Gasteiger partial charge in [0.2, 0.25) is 5.91 Å². The molecule has 3 N–H and O–H groups in total. The number of rotatable bonds is 4. The van der Waals surface area contributed by atoms with Crippen molar-refractivity contribution in [2.24, 2.45) is 5.84 Å². The molecule has 4 nitrogen and oxygen atoms in total. The lowest BCUT2D eigenvalue weighted by Crippen LogP contribution is -2.30. The Bertz CT molecular complexity index is 397. The maximum atomic E-state index is 11.0. The van der Waals surface area contributed by atoms with E-state index in [0.717, 1.165) is 5.56 Å². The SMILES string of the molecule is COc1c(Cl)cc(Cl)cc1CCC(=O)NN. The maximum Gasteiger partial charge on any atom is 0.234 e. The minimum Gasteiger partial charge on any atom is -0.495 e. The molecular formula is C10H12Cl2N2O2. The number of methoxy groups -OCH3 is 1. The van der Waals surface area contributed by atoms with E-state index in [9.17, 15) is 4.79 Å². The summed E-state index contributed by atoms with van der Waals surface area (Å²) in [5.41, 5.74) is 2.84. The van der Waals surface area contributed by atoms with Crippen molar-refractivity contribution in [1.29, 1.82) is 0 Å². The smallest absolute Gasteiger partial charge is 0.234 e. The van der Waals surface area contributed by atoms with Crippen molar-refractivity contribution >= 4 is 29.1 Å². The summed E-state index contributed by atoms with van der Waals surface area (Å²) in [4.78, 5) is 11.0. The quantitative estimate of drug-likeness (QED) is 0.495. The second kappa shape index (κ2) is 5.94. The number of carbonyl (C=O) groups is 1. The molecule has 88 valence electrons. The number of aryl methyl sites for hydroxylation is 1. The number of hydrogen-bond acceptors (Lipinski definition) is 3. The van der Waals surface area contributed by atoms with E-state index in [1.54, 1.807) is 12.1 Å². The van der Waals surface area contributed by atoms with Gasteiger partial charge >= 0.3 is 0 Å². The minimum atomic E-state index is -0.252. The molecule has 0 radical (unpaired) electrons. The summed E-state index contributed by atoms with van der Waals surface area (Å²) < 4.78 is 5.14. The number of amides is 1. The Hall–Kier alpha value is -0.970. The molecule has 0 aliphatic rings. The van der Waals surface area contributed by atoms with Crippen molar-refractivity contribution in [3.05, 3.63) is 27.7 Å². The van der Waals surface area contributed by atoms with E-state index < -0.39 is 0 Å². The van der Waals surface area contributed by atoms with Gasteiger partial charge in [-0.15, -0.1) is 0 Å². The number of nitrogens with one attached hydrogen (secondary N) is 1. The van der Waals surface area contributed by atoms with Crippen LogP contribution in [-0.4, -0.2) is 13.0 Å². The average Bonchev–Trinajstić information content (AvgIpc) is 2.25. The molecule has 0 spiro atoms. The van der Waals surface area contributed by atoms with Crippen molar-refractivity contribution in [3.8, 4) is 5.75 Å². The molecule has 16 heavy (non-hydrogen) atoms. The van der Waals surface area contributed by atoms with Crippen LogP contribution in [0, 0.1) is 0 Å². The highest BCUT2D eigenvalue weighted by Gasteiger charge is 2.11. The molecule has 0 atom stereocenters. The highest BCUT2D eigenvalue weighted by molar-refractivity contribution is 6.35. The van der Waals surface area contributed by atoms with Crippen LogP contribution in [-0.2, 0) is 11.2 Å². The Morgan fingerprint density at radius 2 is 2.19 bits per heavy atom. The van der Waals surface area contributed by atoms with Crippen LogP contribution in [0.5, 0.6) is 5.75 Å². The lowest BCUT2D eigenvalue weighted by atomic mass is 10.1. The van der Waals surface area contributed by atoms with E-state index in [2.05, 4.69) is 5.43 Å². The van der Waals surface area contributed by atoms with Crippen molar-refractivity contribution in [3.63, 3.8) is 0 Å².